The van der Waals surface area contributed by atoms with Crippen LogP contribution in [-0.2, 0) is 26.8 Å². The summed E-state index contributed by atoms with van der Waals surface area (Å²) >= 11 is 1.19. The molecule has 0 radical (unpaired) electrons. The predicted molar refractivity (Wildman–Crippen MR) is 220 cm³/mol. The van der Waals surface area contributed by atoms with E-state index in [1.54, 1.807) is 32.0 Å². The molecule has 0 aliphatic rings. The van der Waals surface area contributed by atoms with E-state index in [9.17, 15) is 36.5 Å². The van der Waals surface area contributed by atoms with E-state index in [-0.39, 0.29) is 144 Å². The van der Waals surface area contributed by atoms with Gasteiger partial charge in [0.2, 0.25) is 0 Å². The van der Waals surface area contributed by atoms with Crippen molar-refractivity contribution in [1.82, 2.24) is 19.5 Å². The molecule has 0 amide bonds. The summed E-state index contributed by atoms with van der Waals surface area (Å²) in [4.78, 5) is 20.9. The normalized spacial score (nSPS) is 11.2. The van der Waals surface area contributed by atoms with Crippen LogP contribution in [0.3, 0.4) is 0 Å². The number of fused-ring (bicyclic) bond motifs is 1. The van der Waals surface area contributed by atoms with Crippen molar-refractivity contribution in [2.24, 2.45) is 10.2 Å². The van der Waals surface area contributed by atoms with Crippen LogP contribution in [0.15, 0.2) is 56.4 Å². The predicted octanol–water partition coefficient (Wildman–Crippen LogP) is 2.99. The van der Waals surface area contributed by atoms with Crippen LogP contribution in [0, 0.1) is 84.3 Å². The monoisotopic (exact) mass is 904 g/mol. The molecule has 1 N–H and O–H groups in total. The summed E-state index contributed by atoms with van der Waals surface area (Å²) in [6.45, 7) is 25.4. The fourth-order valence-corrected chi connectivity index (χ4v) is 10.0. The Morgan fingerprint density at radius 2 is 1.45 bits per heavy atom. The second-order valence-electron chi connectivity index (χ2n) is 13.5. The van der Waals surface area contributed by atoms with E-state index in [1.807, 2.05) is 12.1 Å². The Bertz CT molecular complexity index is 3230. The number of hydrogen-bond donors (Lipinski definition) is 1. The minimum absolute atomic E-state index is 0. The van der Waals surface area contributed by atoms with Crippen molar-refractivity contribution < 1.29 is 85.1 Å². The summed E-state index contributed by atoms with van der Waals surface area (Å²) in [6.07, 6.45) is 0. The molecule has 0 saturated heterocycles. The molecule has 0 saturated carbocycles. The molecule has 0 unspecified atom stereocenters. The first-order valence-electron chi connectivity index (χ1n) is 17.4. The second kappa shape index (κ2) is 19.1. The minimum atomic E-state index is -5.04. The number of hydrogen-bond acceptors (Lipinski definition) is 16. The van der Waals surface area contributed by atoms with Gasteiger partial charge in [0.25, 0.3) is 11.6 Å². The van der Waals surface area contributed by atoms with Gasteiger partial charge in [0, 0.05) is 11.3 Å². The molecule has 3 aromatic carbocycles. The van der Waals surface area contributed by atoms with E-state index >= 15 is 0 Å². The number of azo groups is 1. The molecule has 0 aliphatic carbocycles. The van der Waals surface area contributed by atoms with Crippen LogP contribution in [0.5, 0.6) is 0 Å². The number of aromatic nitrogens is 4. The average Bonchev–Trinajstić information content (AvgIpc) is 3.74. The van der Waals surface area contributed by atoms with Gasteiger partial charge in [-0.25, -0.2) is 31.4 Å². The third-order valence-electron chi connectivity index (χ3n) is 9.50. The third-order valence-corrected chi connectivity index (χ3v) is 12.8. The fourth-order valence-electron chi connectivity index (χ4n) is 7.17. The van der Waals surface area contributed by atoms with Gasteiger partial charge in [-0.15, -0.1) is 5.11 Å². The number of imidazole rings is 1. The first kappa shape index (κ1) is 49.5. The summed E-state index contributed by atoms with van der Waals surface area (Å²) in [6, 6.07) is 14.2. The van der Waals surface area contributed by atoms with Gasteiger partial charge in [-0.1, -0.05) is 58.8 Å². The van der Waals surface area contributed by atoms with Crippen molar-refractivity contribution >= 4 is 93.2 Å². The summed E-state index contributed by atoms with van der Waals surface area (Å²) in [5.74, 6) is -1.15. The average molecular weight is 905 g/mol. The molecular formula is C39H30N12Na2O6S3. The standard InChI is InChI=1S/C39H32N12O6S3.2Na/c1-19-16-21(3)32(59(52,53)54)24(6)29(19)45-34-30(48-49-38-47-35(42-8)37(43-9)50(38)15-14-40)23(5)26(18-41)36(46-34)51(39-44-27-12-10-11-13-28(27)58-39)31-20(2)17-22(4)33(25(31)7)60(55,56)57;;/h10-13,16-17H,15H2,1-7H3,(H,45,46)(H,52,53,54)(H,55,56,57);;/q;2*+1/p-2. The van der Waals surface area contributed by atoms with E-state index < -0.39 is 36.6 Å². The first-order valence-corrected chi connectivity index (χ1v) is 21.0. The van der Waals surface area contributed by atoms with Gasteiger partial charge in [-0.3, -0.25) is 4.90 Å². The van der Waals surface area contributed by atoms with Gasteiger partial charge in [0.05, 0.1) is 25.7 Å². The Hall–Kier alpha value is -5.11. The molecule has 6 aromatic rings. The van der Waals surface area contributed by atoms with Gasteiger partial charge in [-0.2, -0.15) is 10.5 Å². The van der Waals surface area contributed by atoms with Gasteiger partial charge in [0.1, 0.15) is 43.6 Å². The van der Waals surface area contributed by atoms with Crippen molar-refractivity contribution in [3.63, 3.8) is 0 Å². The van der Waals surface area contributed by atoms with Crippen LogP contribution in [0.1, 0.15) is 44.5 Å². The Morgan fingerprint density at radius 3 is 2.02 bits per heavy atom. The van der Waals surface area contributed by atoms with E-state index in [0.717, 1.165) is 9.27 Å². The van der Waals surface area contributed by atoms with Gasteiger partial charge >= 0.3 is 65.1 Å². The zero-order valence-corrected chi connectivity index (χ0v) is 41.2. The molecule has 0 bridgehead atoms. The SMILES string of the molecule is [C-]#[N+]c1nc(N=Nc2c(Nc3c(C)cc(C)c(S(=O)(=O)[O-])c3C)nc(N(c3nc4ccccc4s3)c3c(C)cc(C)c(S(=O)(=O)[O-])c3C)c(C#N)c2C)n(CC#N)c1[N+]#[C-].[Na+].[Na+]. The number of thiazole rings is 1. The number of rotatable bonds is 10. The Balaban J connectivity index is 0.00000422. The molecule has 18 nitrogen and oxygen atoms in total. The number of nitrogens with one attached hydrogen (secondary N) is 1. The second-order valence-corrected chi connectivity index (χ2v) is 17.1. The number of anilines is 5. The van der Waals surface area contributed by atoms with Crippen LogP contribution in [0.25, 0.3) is 19.9 Å². The summed E-state index contributed by atoms with van der Waals surface area (Å²) < 4.78 is 77.6. The van der Waals surface area contributed by atoms with Crippen LogP contribution >= 0.6 is 11.3 Å². The smallest absolute Gasteiger partial charge is 0.744 e. The molecular weight excluding hydrogens is 875 g/mol. The van der Waals surface area contributed by atoms with Gasteiger partial charge in [0.15, 0.2) is 23.3 Å². The van der Waals surface area contributed by atoms with E-state index in [4.69, 9.17) is 23.1 Å². The van der Waals surface area contributed by atoms with Crippen LogP contribution < -0.4 is 69.3 Å². The molecule has 3 aromatic heterocycles. The molecule has 0 atom stereocenters. The zero-order chi connectivity index (χ0) is 44.0. The van der Waals surface area contributed by atoms with E-state index in [2.05, 4.69) is 36.3 Å². The fraction of sp³-hybridized carbons (Fsp3) is 0.205. The number of benzene rings is 3. The molecule has 0 spiro atoms. The van der Waals surface area contributed by atoms with E-state index in [1.165, 1.54) is 63.0 Å². The summed E-state index contributed by atoms with van der Waals surface area (Å²) in [7, 11) is -10.0. The first-order chi connectivity index (χ1) is 28.3. The summed E-state index contributed by atoms with van der Waals surface area (Å²) in [5, 5.41) is 32.3. The molecule has 302 valence electrons. The molecule has 0 aliphatic heterocycles. The van der Waals surface area contributed by atoms with Crippen molar-refractivity contribution in [3.8, 4) is 12.1 Å². The molecule has 6 rings (SSSR count). The topological polar surface area (TPSA) is 254 Å². The van der Waals surface area contributed by atoms with Crippen LogP contribution in [0.4, 0.5) is 51.4 Å². The van der Waals surface area contributed by atoms with E-state index in [0.29, 0.717) is 16.6 Å². The number of pyridine rings is 1. The van der Waals surface area contributed by atoms with Crippen molar-refractivity contribution in [1.29, 1.82) is 10.5 Å². The molecule has 62 heavy (non-hydrogen) atoms. The maximum atomic E-state index is 12.7. The third kappa shape index (κ3) is 9.16. The Morgan fingerprint density at radius 1 is 0.839 bits per heavy atom. The molecule has 23 heteroatoms. The van der Waals surface area contributed by atoms with Gasteiger partial charge in [-0.05, 0) is 94.0 Å². The van der Waals surface area contributed by atoms with Gasteiger partial charge < -0.3 is 24.1 Å². The maximum absolute atomic E-state index is 12.7. The number of nitriles is 2. The molecule has 0 fully saturated rings. The Kier molecular flexibility index (Phi) is 15.3. The number of para-hydroxylation sites is 1. The zero-order valence-electron chi connectivity index (χ0n) is 34.8. The van der Waals surface area contributed by atoms with Crippen molar-refractivity contribution in [2.45, 2.75) is 64.8 Å². The molecule has 3 heterocycles. The summed E-state index contributed by atoms with van der Waals surface area (Å²) in [5.41, 5.74) is 2.21. The maximum Gasteiger partial charge on any atom is 1.00 e. The quantitative estimate of drug-likeness (QED) is 0.0899. The van der Waals surface area contributed by atoms with Crippen LogP contribution in [-0.4, -0.2) is 45.5 Å². The van der Waals surface area contributed by atoms with Crippen molar-refractivity contribution in [3.05, 3.63) is 104 Å². The number of aryl methyl sites for hydroxylation is 4. The van der Waals surface area contributed by atoms with Crippen molar-refractivity contribution in [2.75, 3.05) is 10.2 Å². The number of nitrogens with zero attached hydrogens (tertiary/aromatic N) is 11. The largest absolute Gasteiger partial charge is 1.00 e. The Labute approximate surface area is 405 Å². The minimum Gasteiger partial charge on any atom is -0.744 e. The van der Waals surface area contributed by atoms with Crippen LogP contribution in [0.2, 0.25) is 0 Å².